The quantitative estimate of drug-likeness (QED) is 0.767. The number of thioether (sulfide) groups is 1. The van der Waals surface area contributed by atoms with Gasteiger partial charge in [0.25, 0.3) is 11.1 Å². The first-order valence-electron chi connectivity index (χ1n) is 6.75. The summed E-state index contributed by atoms with van der Waals surface area (Å²) in [6.07, 6.45) is 1.51. The molecule has 0 unspecified atom stereocenters. The largest absolute Gasteiger partial charge is 0.493 e. The second kappa shape index (κ2) is 7.26. The molecule has 1 aromatic carbocycles. The van der Waals surface area contributed by atoms with Gasteiger partial charge < -0.3 is 19.9 Å². The molecule has 1 aliphatic heterocycles. The van der Waals surface area contributed by atoms with Gasteiger partial charge in [0.1, 0.15) is 6.54 Å². The first-order valence-corrected chi connectivity index (χ1v) is 7.56. The lowest BCUT2D eigenvalue weighted by Crippen LogP contribution is -2.36. The molecule has 1 saturated heterocycles. The zero-order valence-corrected chi connectivity index (χ0v) is 14.1. The Kier molecular flexibility index (Phi) is 5.35. The molecule has 0 aromatic heterocycles. The maximum atomic E-state index is 12.2. The number of nitrogens with two attached hydrogens (primary N) is 1. The Bertz CT molecular complexity index is 706. The smallest absolute Gasteiger partial charge is 0.294 e. The summed E-state index contributed by atoms with van der Waals surface area (Å²) in [5, 5.41) is -0.544. The van der Waals surface area contributed by atoms with Crippen molar-refractivity contribution in [1.82, 2.24) is 4.90 Å². The number of carbonyl (C=O) groups excluding carboxylic acids is 3. The number of hydrogen-bond donors (Lipinski definition) is 1. The number of methoxy groups -OCH3 is 3. The lowest BCUT2D eigenvalue weighted by atomic mass is 10.1. The van der Waals surface area contributed by atoms with E-state index in [9.17, 15) is 14.4 Å². The van der Waals surface area contributed by atoms with Crippen molar-refractivity contribution >= 4 is 34.9 Å². The van der Waals surface area contributed by atoms with Crippen LogP contribution in [0.3, 0.4) is 0 Å². The number of primary amides is 1. The summed E-state index contributed by atoms with van der Waals surface area (Å²) < 4.78 is 15.7. The highest BCUT2D eigenvalue weighted by atomic mass is 32.2. The van der Waals surface area contributed by atoms with Crippen LogP contribution in [0.1, 0.15) is 5.56 Å². The zero-order valence-electron chi connectivity index (χ0n) is 13.3. The van der Waals surface area contributed by atoms with Gasteiger partial charge in [-0.05, 0) is 35.5 Å². The molecule has 0 aliphatic carbocycles. The Morgan fingerprint density at radius 1 is 1.17 bits per heavy atom. The third kappa shape index (κ3) is 3.46. The first kappa shape index (κ1) is 17.7. The van der Waals surface area contributed by atoms with E-state index >= 15 is 0 Å². The van der Waals surface area contributed by atoms with E-state index in [1.165, 1.54) is 27.4 Å². The van der Waals surface area contributed by atoms with Gasteiger partial charge in [-0.1, -0.05) is 0 Å². The van der Waals surface area contributed by atoms with Crippen molar-refractivity contribution in [2.75, 3.05) is 27.9 Å². The molecule has 0 spiro atoms. The van der Waals surface area contributed by atoms with Crippen LogP contribution < -0.4 is 19.9 Å². The highest BCUT2D eigenvalue weighted by Gasteiger charge is 2.35. The molecule has 2 N–H and O–H groups in total. The van der Waals surface area contributed by atoms with Crippen molar-refractivity contribution in [3.05, 3.63) is 22.6 Å². The molecule has 1 aliphatic rings. The minimum atomic E-state index is -0.758. The normalized spacial score (nSPS) is 15.8. The fourth-order valence-corrected chi connectivity index (χ4v) is 2.97. The molecule has 0 atom stereocenters. The first-order chi connectivity index (χ1) is 11.4. The third-order valence-electron chi connectivity index (χ3n) is 3.17. The molecule has 1 heterocycles. The van der Waals surface area contributed by atoms with Gasteiger partial charge in [-0.15, -0.1) is 0 Å². The summed E-state index contributed by atoms with van der Waals surface area (Å²) in [5.41, 5.74) is 5.62. The van der Waals surface area contributed by atoms with Crippen LogP contribution in [0, 0.1) is 0 Å². The van der Waals surface area contributed by atoms with Gasteiger partial charge in [-0.3, -0.25) is 19.3 Å². The molecule has 2 rings (SSSR count). The fraction of sp³-hybridized carbons (Fsp3) is 0.267. The molecule has 8 nitrogen and oxygen atoms in total. The maximum Gasteiger partial charge on any atom is 0.294 e. The Hall–Kier alpha value is -2.68. The van der Waals surface area contributed by atoms with Crippen LogP contribution >= 0.6 is 11.8 Å². The van der Waals surface area contributed by atoms with Crippen molar-refractivity contribution < 1.29 is 28.6 Å². The van der Waals surface area contributed by atoms with E-state index in [2.05, 4.69) is 0 Å². The minimum Gasteiger partial charge on any atom is -0.493 e. The van der Waals surface area contributed by atoms with Crippen molar-refractivity contribution in [2.45, 2.75) is 0 Å². The molecule has 24 heavy (non-hydrogen) atoms. The van der Waals surface area contributed by atoms with Crippen LogP contribution in [0.4, 0.5) is 4.79 Å². The highest BCUT2D eigenvalue weighted by molar-refractivity contribution is 8.18. The molecule has 128 valence electrons. The molecule has 0 saturated carbocycles. The maximum absolute atomic E-state index is 12.2. The second-order valence-corrected chi connectivity index (χ2v) is 5.69. The number of nitrogens with zero attached hydrogens (tertiary/aromatic N) is 1. The lowest BCUT2D eigenvalue weighted by molar-refractivity contribution is -0.127. The van der Waals surface area contributed by atoms with E-state index in [0.29, 0.717) is 22.8 Å². The van der Waals surface area contributed by atoms with Gasteiger partial charge in [0.15, 0.2) is 11.5 Å². The van der Waals surface area contributed by atoms with Crippen LogP contribution in [-0.2, 0) is 9.59 Å². The third-order valence-corrected chi connectivity index (χ3v) is 4.08. The summed E-state index contributed by atoms with van der Waals surface area (Å²) in [6.45, 7) is -0.447. The van der Waals surface area contributed by atoms with E-state index in [1.807, 2.05) is 0 Å². The molecule has 0 bridgehead atoms. The van der Waals surface area contributed by atoms with E-state index < -0.39 is 23.6 Å². The number of benzene rings is 1. The van der Waals surface area contributed by atoms with Gasteiger partial charge in [0.2, 0.25) is 11.7 Å². The molecular formula is C15H16N2O6S. The number of rotatable bonds is 6. The average molecular weight is 352 g/mol. The monoisotopic (exact) mass is 352 g/mol. The minimum absolute atomic E-state index is 0.176. The zero-order chi connectivity index (χ0) is 17.9. The number of amides is 3. The fourth-order valence-electron chi connectivity index (χ4n) is 2.13. The van der Waals surface area contributed by atoms with Crippen molar-refractivity contribution in [3.63, 3.8) is 0 Å². The number of hydrogen-bond acceptors (Lipinski definition) is 7. The molecule has 1 aromatic rings. The predicted octanol–water partition coefficient (Wildman–Crippen LogP) is 1.23. The SMILES string of the molecule is COc1cc(/C=C2\SC(=O)N(CC(N)=O)C2=O)cc(OC)c1OC. The Morgan fingerprint density at radius 2 is 1.75 bits per heavy atom. The van der Waals surface area contributed by atoms with Crippen LogP contribution in [-0.4, -0.2) is 49.8 Å². The van der Waals surface area contributed by atoms with Crippen LogP contribution in [0.25, 0.3) is 6.08 Å². The van der Waals surface area contributed by atoms with E-state index in [1.54, 1.807) is 12.1 Å². The number of ether oxygens (including phenoxy) is 3. The van der Waals surface area contributed by atoms with Crippen molar-refractivity contribution in [1.29, 1.82) is 0 Å². The standard InChI is InChI=1S/C15H16N2O6S/c1-21-9-4-8(5-10(22-2)13(9)23-3)6-11-14(19)17(7-12(16)18)15(20)24-11/h4-6H,7H2,1-3H3,(H2,16,18)/b11-6-. The van der Waals surface area contributed by atoms with E-state index in [0.717, 1.165) is 16.7 Å². The van der Waals surface area contributed by atoms with Crippen molar-refractivity contribution in [3.8, 4) is 17.2 Å². The van der Waals surface area contributed by atoms with Crippen LogP contribution in [0.15, 0.2) is 17.0 Å². The summed E-state index contributed by atoms with van der Waals surface area (Å²) in [6, 6.07) is 3.28. The average Bonchev–Trinajstić information content (AvgIpc) is 2.80. The van der Waals surface area contributed by atoms with E-state index in [4.69, 9.17) is 19.9 Å². The Balaban J connectivity index is 2.39. The van der Waals surface area contributed by atoms with Gasteiger partial charge in [-0.25, -0.2) is 0 Å². The van der Waals surface area contributed by atoms with Crippen LogP contribution in [0.2, 0.25) is 0 Å². The number of carbonyl (C=O) groups is 3. The predicted molar refractivity (Wildman–Crippen MR) is 88.0 cm³/mol. The second-order valence-electron chi connectivity index (χ2n) is 4.69. The van der Waals surface area contributed by atoms with Gasteiger partial charge in [0, 0.05) is 0 Å². The topological polar surface area (TPSA) is 108 Å². The summed E-state index contributed by atoms with van der Waals surface area (Å²) in [4.78, 5) is 36.0. The highest BCUT2D eigenvalue weighted by Crippen LogP contribution is 2.40. The summed E-state index contributed by atoms with van der Waals surface area (Å²) in [7, 11) is 4.43. The van der Waals surface area contributed by atoms with E-state index in [-0.39, 0.29) is 4.91 Å². The molecule has 0 radical (unpaired) electrons. The Labute approximate surface area is 142 Å². The van der Waals surface area contributed by atoms with Gasteiger partial charge in [-0.2, -0.15) is 0 Å². The van der Waals surface area contributed by atoms with Crippen LogP contribution in [0.5, 0.6) is 17.2 Å². The van der Waals surface area contributed by atoms with Gasteiger partial charge in [0.05, 0.1) is 26.2 Å². The summed E-state index contributed by atoms with van der Waals surface area (Å²) >= 11 is 0.733. The molecular weight excluding hydrogens is 336 g/mol. The Morgan fingerprint density at radius 3 is 2.21 bits per heavy atom. The lowest BCUT2D eigenvalue weighted by Gasteiger charge is -2.13. The van der Waals surface area contributed by atoms with Gasteiger partial charge >= 0.3 is 0 Å². The molecule has 3 amide bonds. The number of imide groups is 1. The molecule has 1 fully saturated rings. The summed E-state index contributed by atoms with van der Waals surface area (Å²) in [5.74, 6) is -0.0817. The van der Waals surface area contributed by atoms with Crippen molar-refractivity contribution in [2.24, 2.45) is 5.73 Å². The molecule has 9 heteroatoms.